The molecule has 1 atom stereocenters. The zero-order valence-electron chi connectivity index (χ0n) is 16.2. The molecule has 1 aromatic heterocycles. The third kappa shape index (κ3) is 3.95. The number of nitrogens with zero attached hydrogens (tertiary/aromatic N) is 2. The maximum Gasteiger partial charge on any atom is 0.295 e. The lowest BCUT2D eigenvalue weighted by Gasteiger charge is -2.24. The quantitative estimate of drug-likeness (QED) is 0.439. The number of hydrogen-bond donors (Lipinski definition) is 1. The van der Waals surface area contributed by atoms with Crippen LogP contribution in [0, 0.1) is 0 Å². The maximum absolute atomic E-state index is 12.8. The third-order valence-electron chi connectivity index (χ3n) is 4.70. The second-order valence-electron chi connectivity index (χ2n) is 6.90. The molecule has 0 radical (unpaired) electrons. The fourth-order valence-corrected chi connectivity index (χ4v) is 4.18. The van der Waals surface area contributed by atoms with E-state index in [1.165, 1.54) is 18.4 Å². The van der Waals surface area contributed by atoms with Crippen LogP contribution in [0.2, 0.25) is 0 Å². The highest BCUT2D eigenvalue weighted by Gasteiger charge is 2.46. The molecule has 7 heteroatoms. The van der Waals surface area contributed by atoms with Crippen LogP contribution in [0.1, 0.15) is 22.9 Å². The Morgan fingerprint density at radius 3 is 2.68 bits per heavy atom. The fraction of sp³-hybridized carbons (Fsp3) is 0.333. The Labute approximate surface area is 168 Å². The van der Waals surface area contributed by atoms with Crippen LogP contribution in [0.3, 0.4) is 0 Å². The van der Waals surface area contributed by atoms with E-state index in [1.54, 1.807) is 29.2 Å². The minimum atomic E-state index is -0.649. The molecule has 2 heterocycles. The molecule has 0 spiro atoms. The first-order valence-corrected chi connectivity index (χ1v) is 9.93. The van der Waals surface area contributed by atoms with Gasteiger partial charge in [-0.25, -0.2) is 0 Å². The number of aliphatic hydroxyl groups is 1. The molecule has 1 aliphatic heterocycles. The van der Waals surface area contributed by atoms with Gasteiger partial charge in [0.15, 0.2) is 0 Å². The van der Waals surface area contributed by atoms with Gasteiger partial charge in [0.05, 0.1) is 18.7 Å². The fourth-order valence-electron chi connectivity index (χ4n) is 3.34. The molecule has 148 valence electrons. The van der Waals surface area contributed by atoms with Crippen molar-refractivity contribution in [2.45, 2.75) is 12.5 Å². The smallest absolute Gasteiger partial charge is 0.295 e. The van der Waals surface area contributed by atoms with Gasteiger partial charge in [0.2, 0.25) is 0 Å². The van der Waals surface area contributed by atoms with Crippen molar-refractivity contribution in [2.24, 2.45) is 0 Å². The SMILES string of the molecule is COc1cccc(/C(O)=C2\C(=O)C(=O)N(CCCN(C)C)[C@@H]2c2cccs2)c1. The lowest BCUT2D eigenvalue weighted by atomic mass is 9.99. The number of aliphatic hydroxyl groups excluding tert-OH is 1. The van der Waals surface area contributed by atoms with E-state index in [9.17, 15) is 14.7 Å². The molecule has 1 N–H and O–H groups in total. The molecule has 1 aliphatic rings. The normalized spacial score (nSPS) is 18.9. The van der Waals surface area contributed by atoms with Crippen LogP contribution < -0.4 is 4.74 Å². The van der Waals surface area contributed by atoms with Crippen molar-refractivity contribution in [1.29, 1.82) is 0 Å². The molecule has 1 saturated heterocycles. The maximum atomic E-state index is 12.8. The summed E-state index contributed by atoms with van der Waals surface area (Å²) in [6.07, 6.45) is 0.737. The van der Waals surface area contributed by atoms with Crippen LogP contribution >= 0.6 is 11.3 Å². The van der Waals surface area contributed by atoms with Crippen molar-refractivity contribution in [1.82, 2.24) is 9.80 Å². The summed E-state index contributed by atoms with van der Waals surface area (Å²) in [7, 11) is 5.47. The zero-order valence-corrected chi connectivity index (χ0v) is 17.0. The van der Waals surface area contributed by atoms with E-state index in [1.807, 2.05) is 36.5 Å². The van der Waals surface area contributed by atoms with Gasteiger partial charge in [0.25, 0.3) is 11.7 Å². The van der Waals surface area contributed by atoms with Crippen molar-refractivity contribution in [3.63, 3.8) is 0 Å². The second-order valence-corrected chi connectivity index (χ2v) is 7.88. The van der Waals surface area contributed by atoms with Gasteiger partial charge < -0.3 is 19.6 Å². The average Bonchev–Trinajstić information content (AvgIpc) is 3.29. The molecular formula is C21H24N2O4S. The molecule has 28 heavy (non-hydrogen) atoms. The number of hydrogen-bond acceptors (Lipinski definition) is 6. The molecule has 0 unspecified atom stereocenters. The molecule has 1 fully saturated rings. The predicted molar refractivity (Wildman–Crippen MR) is 109 cm³/mol. The Morgan fingerprint density at radius 2 is 2.04 bits per heavy atom. The van der Waals surface area contributed by atoms with Crippen LogP contribution in [0.4, 0.5) is 0 Å². The Hall–Kier alpha value is -2.64. The summed E-state index contributed by atoms with van der Waals surface area (Å²) in [5.41, 5.74) is 0.581. The molecule has 0 aliphatic carbocycles. The number of carbonyl (C=O) groups excluding carboxylic acids is 2. The largest absolute Gasteiger partial charge is 0.507 e. The molecule has 1 aromatic carbocycles. The number of amides is 1. The molecule has 0 bridgehead atoms. The summed E-state index contributed by atoms with van der Waals surface area (Å²) in [5, 5.41) is 12.9. The van der Waals surface area contributed by atoms with E-state index in [0.29, 0.717) is 17.9 Å². The van der Waals surface area contributed by atoms with Crippen LogP contribution in [-0.4, -0.2) is 60.9 Å². The number of ketones is 1. The van der Waals surface area contributed by atoms with Crippen molar-refractivity contribution in [3.8, 4) is 5.75 Å². The van der Waals surface area contributed by atoms with Gasteiger partial charge in [0, 0.05) is 17.0 Å². The number of rotatable bonds is 7. The first-order valence-electron chi connectivity index (χ1n) is 9.05. The number of likely N-dealkylation sites (tertiary alicyclic amines) is 1. The average molecular weight is 400 g/mol. The standard InChI is InChI=1S/C21H24N2O4S/c1-22(2)10-6-11-23-18(16-9-5-12-28-16)17(20(25)21(23)26)19(24)14-7-4-8-15(13-14)27-3/h4-5,7-9,12-13,18,24H,6,10-11H2,1-3H3/b19-17+/t18-/m1/s1. The predicted octanol–water partition coefficient (Wildman–Crippen LogP) is 3.13. The van der Waals surface area contributed by atoms with Gasteiger partial charge >= 0.3 is 0 Å². The van der Waals surface area contributed by atoms with E-state index in [-0.39, 0.29) is 11.3 Å². The highest BCUT2D eigenvalue weighted by atomic mass is 32.1. The first-order chi connectivity index (χ1) is 13.4. The number of methoxy groups -OCH3 is 1. The highest BCUT2D eigenvalue weighted by molar-refractivity contribution is 7.10. The van der Waals surface area contributed by atoms with Gasteiger partial charge in [-0.2, -0.15) is 0 Å². The Kier molecular flexibility index (Phi) is 6.16. The van der Waals surface area contributed by atoms with Crippen LogP contribution in [0.25, 0.3) is 5.76 Å². The summed E-state index contributed by atoms with van der Waals surface area (Å²) < 4.78 is 5.21. The van der Waals surface area contributed by atoms with E-state index >= 15 is 0 Å². The summed E-state index contributed by atoms with van der Waals surface area (Å²) >= 11 is 1.47. The minimum absolute atomic E-state index is 0.130. The zero-order chi connectivity index (χ0) is 20.3. The number of benzene rings is 1. The first kappa shape index (κ1) is 20.1. The Balaban J connectivity index is 2.04. The van der Waals surface area contributed by atoms with Crippen molar-refractivity contribution >= 4 is 28.8 Å². The number of carbonyl (C=O) groups is 2. The summed E-state index contributed by atoms with van der Waals surface area (Å²) in [5.74, 6) is -0.826. The summed E-state index contributed by atoms with van der Waals surface area (Å²) in [6, 6.07) is 10.0. The van der Waals surface area contributed by atoms with Crippen LogP contribution in [0.15, 0.2) is 47.4 Å². The van der Waals surface area contributed by atoms with Crippen LogP contribution in [0.5, 0.6) is 5.75 Å². The topological polar surface area (TPSA) is 70.1 Å². The third-order valence-corrected chi connectivity index (χ3v) is 5.62. The molecule has 6 nitrogen and oxygen atoms in total. The lowest BCUT2D eigenvalue weighted by molar-refractivity contribution is -0.139. The van der Waals surface area contributed by atoms with E-state index in [0.717, 1.165) is 17.8 Å². The summed E-state index contributed by atoms with van der Waals surface area (Å²) in [4.78, 5) is 30.1. The van der Waals surface area contributed by atoms with E-state index < -0.39 is 17.7 Å². The van der Waals surface area contributed by atoms with Crippen molar-refractivity contribution < 1.29 is 19.4 Å². The Morgan fingerprint density at radius 1 is 1.25 bits per heavy atom. The number of thiophene rings is 1. The van der Waals surface area contributed by atoms with E-state index in [4.69, 9.17) is 4.74 Å². The highest BCUT2D eigenvalue weighted by Crippen LogP contribution is 2.41. The van der Waals surface area contributed by atoms with Gasteiger partial charge in [-0.3, -0.25) is 9.59 Å². The number of ether oxygens (including phenoxy) is 1. The van der Waals surface area contributed by atoms with Crippen LogP contribution in [-0.2, 0) is 9.59 Å². The molecule has 2 aromatic rings. The number of Topliss-reactive ketones (excluding diaryl/α,β-unsaturated/α-hetero) is 1. The van der Waals surface area contributed by atoms with Gasteiger partial charge in [-0.05, 0) is 50.6 Å². The lowest BCUT2D eigenvalue weighted by Crippen LogP contribution is -2.32. The molecule has 1 amide bonds. The monoisotopic (exact) mass is 400 g/mol. The van der Waals surface area contributed by atoms with Gasteiger partial charge in [-0.1, -0.05) is 18.2 Å². The van der Waals surface area contributed by atoms with Gasteiger partial charge in [-0.15, -0.1) is 11.3 Å². The summed E-state index contributed by atoms with van der Waals surface area (Å²) in [6.45, 7) is 1.25. The molecule has 3 rings (SSSR count). The van der Waals surface area contributed by atoms with Gasteiger partial charge in [0.1, 0.15) is 11.5 Å². The van der Waals surface area contributed by atoms with E-state index in [2.05, 4.69) is 0 Å². The van der Waals surface area contributed by atoms with Crippen molar-refractivity contribution in [3.05, 3.63) is 57.8 Å². The molecular weight excluding hydrogens is 376 g/mol. The minimum Gasteiger partial charge on any atom is -0.507 e. The Bertz CT molecular complexity index is 890. The second kappa shape index (κ2) is 8.58. The molecule has 0 saturated carbocycles. The van der Waals surface area contributed by atoms with Crippen molar-refractivity contribution in [2.75, 3.05) is 34.3 Å².